The SMILES string of the molecule is Cc1c(Br)cc(I)cc1CC#N. The summed E-state index contributed by atoms with van der Waals surface area (Å²) in [6, 6.07) is 6.25. The van der Waals surface area contributed by atoms with Crippen molar-refractivity contribution in [3.63, 3.8) is 0 Å². The van der Waals surface area contributed by atoms with Crippen molar-refractivity contribution < 1.29 is 0 Å². The molecular weight excluding hydrogens is 329 g/mol. The normalized spacial score (nSPS) is 9.50. The fraction of sp³-hybridized carbons (Fsp3) is 0.222. The molecule has 0 saturated heterocycles. The van der Waals surface area contributed by atoms with Crippen molar-refractivity contribution in [1.82, 2.24) is 0 Å². The smallest absolute Gasteiger partial charge is 0.0669 e. The molecule has 0 aromatic heterocycles. The van der Waals surface area contributed by atoms with Crippen LogP contribution in [0.2, 0.25) is 0 Å². The molecule has 0 heterocycles. The highest BCUT2D eigenvalue weighted by Gasteiger charge is 2.03. The lowest BCUT2D eigenvalue weighted by atomic mass is 10.1. The van der Waals surface area contributed by atoms with E-state index in [4.69, 9.17) is 5.26 Å². The van der Waals surface area contributed by atoms with E-state index in [9.17, 15) is 0 Å². The lowest BCUT2D eigenvalue weighted by Gasteiger charge is -2.04. The molecule has 0 aliphatic carbocycles. The molecule has 12 heavy (non-hydrogen) atoms. The van der Waals surface area contributed by atoms with Crippen LogP contribution in [0.15, 0.2) is 16.6 Å². The largest absolute Gasteiger partial charge is 0.198 e. The molecule has 0 N–H and O–H groups in total. The third-order valence-corrected chi connectivity index (χ3v) is 3.13. The van der Waals surface area contributed by atoms with E-state index in [-0.39, 0.29) is 0 Å². The molecule has 3 heteroatoms. The van der Waals surface area contributed by atoms with Crippen LogP contribution in [0.4, 0.5) is 0 Å². The van der Waals surface area contributed by atoms with Crippen molar-refractivity contribution in [2.24, 2.45) is 0 Å². The first kappa shape index (κ1) is 10.0. The standard InChI is InChI=1S/C9H7BrIN/c1-6-7(2-3-12)4-8(11)5-9(6)10/h4-5H,2H2,1H3. The van der Waals surface area contributed by atoms with E-state index in [0.29, 0.717) is 6.42 Å². The summed E-state index contributed by atoms with van der Waals surface area (Å²) in [5.74, 6) is 0. The Balaban J connectivity index is 3.20. The minimum atomic E-state index is 0.487. The number of halogens is 2. The van der Waals surface area contributed by atoms with Gasteiger partial charge in [-0.25, -0.2) is 0 Å². The highest BCUT2D eigenvalue weighted by atomic mass is 127. The van der Waals surface area contributed by atoms with Gasteiger partial charge in [-0.1, -0.05) is 15.9 Å². The van der Waals surface area contributed by atoms with Crippen LogP contribution in [0, 0.1) is 21.8 Å². The summed E-state index contributed by atoms with van der Waals surface area (Å²) in [5.41, 5.74) is 2.27. The maximum atomic E-state index is 8.56. The average Bonchev–Trinajstić information content (AvgIpc) is 2.00. The average molecular weight is 336 g/mol. The van der Waals surface area contributed by atoms with E-state index < -0.39 is 0 Å². The first-order valence-corrected chi connectivity index (χ1v) is 5.34. The van der Waals surface area contributed by atoms with Gasteiger partial charge in [0.2, 0.25) is 0 Å². The molecule has 0 aliphatic rings. The molecule has 1 aromatic carbocycles. The summed E-state index contributed by atoms with van der Waals surface area (Å²) in [6.07, 6.45) is 0.487. The second kappa shape index (κ2) is 4.24. The second-order valence-electron chi connectivity index (χ2n) is 2.51. The molecule has 0 aliphatic heterocycles. The summed E-state index contributed by atoms with van der Waals surface area (Å²) in [7, 11) is 0. The van der Waals surface area contributed by atoms with Crippen molar-refractivity contribution >= 4 is 38.5 Å². The molecule has 0 atom stereocenters. The van der Waals surface area contributed by atoms with Crippen LogP contribution in [0.5, 0.6) is 0 Å². The van der Waals surface area contributed by atoms with Crippen LogP contribution >= 0.6 is 38.5 Å². The number of hydrogen-bond acceptors (Lipinski definition) is 1. The molecule has 0 amide bonds. The van der Waals surface area contributed by atoms with E-state index in [2.05, 4.69) is 50.7 Å². The minimum absolute atomic E-state index is 0.487. The summed E-state index contributed by atoms with van der Waals surface area (Å²) in [6.45, 7) is 2.02. The van der Waals surface area contributed by atoms with Crippen LogP contribution in [0.25, 0.3) is 0 Å². The van der Waals surface area contributed by atoms with Crippen molar-refractivity contribution in [1.29, 1.82) is 5.26 Å². The van der Waals surface area contributed by atoms with Gasteiger partial charge in [0.15, 0.2) is 0 Å². The summed E-state index contributed by atoms with van der Waals surface area (Å²) >= 11 is 5.70. The Labute approximate surface area is 94.0 Å². The molecule has 0 radical (unpaired) electrons. The fourth-order valence-corrected chi connectivity index (χ4v) is 2.58. The van der Waals surface area contributed by atoms with Crippen LogP contribution in [0.3, 0.4) is 0 Å². The number of hydrogen-bond donors (Lipinski definition) is 0. The quantitative estimate of drug-likeness (QED) is 0.721. The molecule has 1 aromatic rings. The molecule has 0 unspecified atom stereocenters. The van der Waals surface area contributed by atoms with Crippen LogP contribution in [0.1, 0.15) is 11.1 Å². The van der Waals surface area contributed by atoms with Crippen molar-refractivity contribution in [2.75, 3.05) is 0 Å². The number of rotatable bonds is 1. The topological polar surface area (TPSA) is 23.8 Å². The minimum Gasteiger partial charge on any atom is -0.198 e. The fourth-order valence-electron chi connectivity index (χ4n) is 0.968. The zero-order valence-corrected chi connectivity index (χ0v) is 10.3. The highest BCUT2D eigenvalue weighted by molar-refractivity contribution is 14.1. The predicted octanol–water partition coefficient (Wildman–Crippen LogP) is 3.43. The summed E-state index contributed by atoms with van der Waals surface area (Å²) in [4.78, 5) is 0. The third-order valence-electron chi connectivity index (χ3n) is 1.69. The van der Waals surface area contributed by atoms with Crippen molar-refractivity contribution in [2.45, 2.75) is 13.3 Å². The predicted molar refractivity (Wildman–Crippen MR) is 60.9 cm³/mol. The van der Waals surface area contributed by atoms with Gasteiger partial charge in [-0.15, -0.1) is 0 Å². The Kier molecular flexibility index (Phi) is 3.53. The maximum absolute atomic E-state index is 8.56. The molecular formula is C9H7BrIN. The van der Waals surface area contributed by atoms with E-state index in [0.717, 1.165) is 19.2 Å². The number of nitriles is 1. The summed E-state index contributed by atoms with van der Waals surface area (Å²) in [5, 5.41) is 8.56. The van der Waals surface area contributed by atoms with Crippen molar-refractivity contribution in [3.8, 4) is 6.07 Å². The third kappa shape index (κ3) is 2.20. The van der Waals surface area contributed by atoms with E-state index >= 15 is 0 Å². The van der Waals surface area contributed by atoms with E-state index in [1.807, 2.05) is 13.0 Å². The molecule has 0 spiro atoms. The van der Waals surface area contributed by atoms with Crippen LogP contribution in [-0.4, -0.2) is 0 Å². The molecule has 0 bridgehead atoms. The van der Waals surface area contributed by atoms with Gasteiger partial charge in [0.05, 0.1) is 12.5 Å². The Hall–Kier alpha value is -0.0800. The van der Waals surface area contributed by atoms with Gasteiger partial charge in [0.25, 0.3) is 0 Å². The monoisotopic (exact) mass is 335 g/mol. The Morgan fingerprint density at radius 1 is 1.58 bits per heavy atom. The number of nitrogens with zero attached hydrogens (tertiary/aromatic N) is 1. The highest BCUT2D eigenvalue weighted by Crippen LogP contribution is 2.23. The van der Waals surface area contributed by atoms with Gasteiger partial charge in [-0.05, 0) is 52.8 Å². The molecule has 0 fully saturated rings. The lowest BCUT2D eigenvalue weighted by Crippen LogP contribution is -1.90. The van der Waals surface area contributed by atoms with Gasteiger partial charge in [-0.2, -0.15) is 5.26 Å². The van der Waals surface area contributed by atoms with Crippen molar-refractivity contribution in [3.05, 3.63) is 31.3 Å². The maximum Gasteiger partial charge on any atom is 0.0669 e. The van der Waals surface area contributed by atoms with Gasteiger partial charge in [0, 0.05) is 8.04 Å². The van der Waals surface area contributed by atoms with Crippen LogP contribution < -0.4 is 0 Å². The Morgan fingerprint density at radius 3 is 2.83 bits per heavy atom. The molecule has 62 valence electrons. The number of benzene rings is 1. The zero-order valence-electron chi connectivity index (χ0n) is 6.56. The molecule has 1 nitrogen and oxygen atoms in total. The Bertz CT molecular complexity index is 341. The van der Waals surface area contributed by atoms with Gasteiger partial charge in [0.1, 0.15) is 0 Å². The lowest BCUT2D eigenvalue weighted by molar-refractivity contribution is 1.19. The second-order valence-corrected chi connectivity index (χ2v) is 4.61. The molecule has 0 saturated carbocycles. The van der Waals surface area contributed by atoms with Crippen LogP contribution in [-0.2, 0) is 6.42 Å². The zero-order chi connectivity index (χ0) is 9.14. The van der Waals surface area contributed by atoms with Gasteiger partial charge < -0.3 is 0 Å². The molecule has 1 rings (SSSR count). The first-order chi connectivity index (χ1) is 5.65. The van der Waals surface area contributed by atoms with E-state index in [1.165, 1.54) is 0 Å². The van der Waals surface area contributed by atoms with Gasteiger partial charge in [-0.3, -0.25) is 0 Å². The summed E-state index contributed by atoms with van der Waals surface area (Å²) < 4.78 is 2.25. The Morgan fingerprint density at radius 2 is 2.25 bits per heavy atom. The van der Waals surface area contributed by atoms with E-state index in [1.54, 1.807) is 0 Å². The van der Waals surface area contributed by atoms with Gasteiger partial charge >= 0.3 is 0 Å². The first-order valence-electron chi connectivity index (χ1n) is 3.46.